The van der Waals surface area contributed by atoms with Gasteiger partial charge >= 0.3 is 0 Å². The van der Waals surface area contributed by atoms with E-state index < -0.39 is 23.0 Å². The van der Waals surface area contributed by atoms with Crippen LogP contribution in [-0.4, -0.2) is 41.8 Å². The summed E-state index contributed by atoms with van der Waals surface area (Å²) in [5.41, 5.74) is -1.47. The predicted octanol–water partition coefficient (Wildman–Crippen LogP) is 0.891. The molecule has 120 valence electrons. The first-order valence-corrected chi connectivity index (χ1v) is 7.49. The zero-order valence-electron chi connectivity index (χ0n) is 12.9. The molecule has 0 spiro atoms. The summed E-state index contributed by atoms with van der Waals surface area (Å²) in [5.74, 6) is -1.37. The van der Waals surface area contributed by atoms with E-state index in [0.29, 0.717) is 11.4 Å². The summed E-state index contributed by atoms with van der Waals surface area (Å²) in [4.78, 5) is 27.0. The number of nitrogens with zero attached hydrogens (tertiary/aromatic N) is 1. The maximum absolute atomic E-state index is 12.9. The van der Waals surface area contributed by atoms with Gasteiger partial charge in [0.1, 0.15) is 11.4 Å². The third-order valence-electron chi connectivity index (χ3n) is 5.12. The predicted molar refractivity (Wildman–Crippen MR) is 80.9 cm³/mol. The Morgan fingerprint density at radius 3 is 2.70 bits per heavy atom. The smallest absolute Gasteiger partial charge is 0.241 e. The lowest BCUT2D eigenvalue weighted by atomic mass is 9.73. The second-order valence-electron chi connectivity index (χ2n) is 6.40. The van der Waals surface area contributed by atoms with Crippen molar-refractivity contribution in [1.82, 2.24) is 0 Å². The molecule has 1 N–H and O–H groups in total. The first-order valence-electron chi connectivity index (χ1n) is 7.49. The Hall–Kier alpha value is -2.18. The third-order valence-corrected chi connectivity index (χ3v) is 5.12. The molecule has 1 aromatic rings. The summed E-state index contributed by atoms with van der Waals surface area (Å²) in [6.07, 6.45) is 3.50. The number of rotatable bonds is 3. The van der Waals surface area contributed by atoms with Crippen molar-refractivity contribution in [1.29, 1.82) is 0 Å². The lowest BCUT2D eigenvalue weighted by Gasteiger charge is -2.27. The van der Waals surface area contributed by atoms with Gasteiger partial charge in [0, 0.05) is 6.07 Å². The van der Waals surface area contributed by atoms with Crippen molar-refractivity contribution >= 4 is 17.5 Å². The van der Waals surface area contributed by atoms with Crippen LogP contribution in [0.5, 0.6) is 5.75 Å². The van der Waals surface area contributed by atoms with Crippen molar-refractivity contribution < 1.29 is 24.2 Å². The summed E-state index contributed by atoms with van der Waals surface area (Å²) in [6, 6.07) is 6.83. The number of fused-ring (bicyclic) bond motifs is 5. The minimum atomic E-state index is -1.10. The molecule has 3 heterocycles. The largest absolute Gasteiger partial charge is 0.497 e. The molecule has 0 aliphatic carbocycles. The summed E-state index contributed by atoms with van der Waals surface area (Å²) in [7, 11) is 1.53. The highest BCUT2D eigenvalue weighted by Crippen LogP contribution is 2.57. The Morgan fingerprint density at radius 1 is 1.26 bits per heavy atom. The quantitative estimate of drug-likeness (QED) is 0.662. The highest BCUT2D eigenvalue weighted by atomic mass is 16.5. The molecule has 6 heteroatoms. The molecular formula is C17H17NO5. The lowest BCUT2D eigenvalue weighted by molar-refractivity contribution is -0.131. The van der Waals surface area contributed by atoms with Crippen molar-refractivity contribution in [3.05, 3.63) is 36.4 Å². The molecule has 1 aromatic carbocycles. The summed E-state index contributed by atoms with van der Waals surface area (Å²) in [6.45, 7) is 1.46. The zero-order valence-corrected chi connectivity index (χ0v) is 12.9. The van der Waals surface area contributed by atoms with Crippen LogP contribution in [0.1, 0.15) is 6.92 Å². The Labute approximate surface area is 133 Å². The number of carbonyl (C=O) groups is 2. The van der Waals surface area contributed by atoms with Crippen LogP contribution in [0.25, 0.3) is 0 Å². The molecule has 0 radical (unpaired) electrons. The van der Waals surface area contributed by atoms with E-state index in [1.54, 1.807) is 43.3 Å². The standard InChI is InChI=1S/C17H17NO5/c1-16-6-7-17(9-19,23-16)13-12(16)14(20)18(15(13)21)10-4-3-5-11(8-10)22-2/h3-8,12-13,19H,9H2,1-2H3/t12-,13+,16+,17-/m0/s1. The number of imide groups is 1. The molecule has 4 rings (SSSR count). The Balaban J connectivity index is 1.80. The maximum atomic E-state index is 12.9. The molecule has 2 saturated heterocycles. The van der Waals surface area contributed by atoms with E-state index in [9.17, 15) is 14.7 Å². The van der Waals surface area contributed by atoms with Crippen LogP contribution in [0.2, 0.25) is 0 Å². The van der Waals surface area contributed by atoms with Gasteiger partial charge in [0.15, 0.2) is 0 Å². The molecular weight excluding hydrogens is 298 g/mol. The Bertz CT molecular complexity index is 744. The molecule has 23 heavy (non-hydrogen) atoms. The Morgan fingerprint density at radius 2 is 2.00 bits per heavy atom. The summed E-state index contributed by atoms with van der Waals surface area (Å²) >= 11 is 0. The highest BCUT2D eigenvalue weighted by Gasteiger charge is 2.72. The van der Waals surface area contributed by atoms with Gasteiger partial charge in [-0.2, -0.15) is 0 Å². The first-order chi connectivity index (χ1) is 11.0. The second-order valence-corrected chi connectivity index (χ2v) is 6.40. The molecule has 3 aliphatic rings. The topological polar surface area (TPSA) is 76.1 Å². The van der Waals surface area contributed by atoms with E-state index in [1.807, 2.05) is 0 Å². The van der Waals surface area contributed by atoms with Crippen molar-refractivity contribution in [2.45, 2.75) is 18.1 Å². The number of methoxy groups -OCH3 is 1. The van der Waals surface area contributed by atoms with Crippen LogP contribution in [0, 0.1) is 11.8 Å². The number of hydrogen-bond acceptors (Lipinski definition) is 5. The molecule has 0 saturated carbocycles. The van der Waals surface area contributed by atoms with Crippen LogP contribution in [0.4, 0.5) is 5.69 Å². The molecule has 6 nitrogen and oxygen atoms in total. The first kappa shape index (κ1) is 14.4. The van der Waals surface area contributed by atoms with Gasteiger partial charge in [0.05, 0.1) is 36.8 Å². The van der Waals surface area contributed by atoms with Crippen LogP contribution in [0.3, 0.4) is 0 Å². The van der Waals surface area contributed by atoms with Gasteiger partial charge in [0.2, 0.25) is 11.8 Å². The SMILES string of the molecule is COc1cccc(N2C(=O)[C@@H]3[C@H](C2=O)[C@@]2(CO)C=C[C@@]3(C)O2)c1. The number of carbonyl (C=O) groups excluding carboxylic acids is 2. The van der Waals surface area contributed by atoms with Gasteiger partial charge in [-0.15, -0.1) is 0 Å². The Kier molecular flexibility index (Phi) is 2.77. The van der Waals surface area contributed by atoms with Gasteiger partial charge in [-0.3, -0.25) is 9.59 Å². The number of anilines is 1. The van der Waals surface area contributed by atoms with Crippen LogP contribution >= 0.6 is 0 Å². The number of ether oxygens (including phenoxy) is 2. The monoisotopic (exact) mass is 315 g/mol. The number of aliphatic hydroxyl groups is 1. The number of benzene rings is 1. The minimum absolute atomic E-state index is 0.296. The fourth-order valence-electron chi connectivity index (χ4n) is 4.04. The fourth-order valence-corrected chi connectivity index (χ4v) is 4.04. The van der Waals surface area contributed by atoms with Crippen molar-refractivity contribution in [2.24, 2.45) is 11.8 Å². The number of hydrogen-bond donors (Lipinski definition) is 1. The average molecular weight is 315 g/mol. The molecule has 0 aromatic heterocycles. The number of amides is 2. The fraction of sp³-hybridized carbons (Fsp3) is 0.412. The molecule has 2 bridgehead atoms. The van der Waals surface area contributed by atoms with Crippen molar-refractivity contribution in [3.8, 4) is 5.75 Å². The van der Waals surface area contributed by atoms with Gasteiger partial charge in [-0.05, 0) is 19.1 Å². The summed E-state index contributed by atoms with van der Waals surface area (Å²) in [5, 5.41) is 9.77. The van der Waals surface area contributed by atoms with E-state index in [0.717, 1.165) is 0 Å². The summed E-state index contributed by atoms with van der Waals surface area (Å²) < 4.78 is 11.0. The van der Waals surface area contributed by atoms with Crippen LogP contribution in [-0.2, 0) is 14.3 Å². The zero-order chi connectivity index (χ0) is 16.4. The third kappa shape index (κ3) is 1.65. The van der Waals surface area contributed by atoms with E-state index in [4.69, 9.17) is 9.47 Å². The average Bonchev–Trinajstić information content (AvgIpc) is 3.13. The maximum Gasteiger partial charge on any atom is 0.241 e. The van der Waals surface area contributed by atoms with E-state index >= 15 is 0 Å². The molecule has 2 amide bonds. The van der Waals surface area contributed by atoms with E-state index in [1.165, 1.54) is 12.0 Å². The molecule has 2 fully saturated rings. The van der Waals surface area contributed by atoms with Gasteiger partial charge in [0.25, 0.3) is 0 Å². The van der Waals surface area contributed by atoms with Gasteiger partial charge < -0.3 is 14.6 Å². The van der Waals surface area contributed by atoms with Crippen molar-refractivity contribution in [2.75, 3.05) is 18.6 Å². The molecule has 0 unspecified atom stereocenters. The van der Waals surface area contributed by atoms with Crippen LogP contribution < -0.4 is 9.64 Å². The van der Waals surface area contributed by atoms with Gasteiger partial charge in [-0.25, -0.2) is 4.90 Å². The highest BCUT2D eigenvalue weighted by molar-refractivity contribution is 6.23. The molecule has 4 atom stereocenters. The van der Waals surface area contributed by atoms with Crippen molar-refractivity contribution in [3.63, 3.8) is 0 Å². The second kappa shape index (κ2) is 4.43. The minimum Gasteiger partial charge on any atom is -0.497 e. The van der Waals surface area contributed by atoms with Crippen LogP contribution in [0.15, 0.2) is 36.4 Å². The lowest BCUT2D eigenvalue weighted by Crippen LogP contribution is -2.43. The van der Waals surface area contributed by atoms with E-state index in [-0.39, 0.29) is 18.4 Å². The van der Waals surface area contributed by atoms with E-state index in [2.05, 4.69) is 0 Å². The molecule has 3 aliphatic heterocycles. The normalized spacial score (nSPS) is 37.6. The number of aliphatic hydroxyl groups excluding tert-OH is 1. The van der Waals surface area contributed by atoms with Gasteiger partial charge in [-0.1, -0.05) is 18.2 Å².